The first-order valence-corrected chi connectivity index (χ1v) is 8.26. The summed E-state index contributed by atoms with van der Waals surface area (Å²) < 4.78 is 4.71. The highest BCUT2D eigenvalue weighted by Crippen LogP contribution is 2.51. The summed E-state index contributed by atoms with van der Waals surface area (Å²) in [6.45, 7) is 2.00. The Morgan fingerprint density at radius 2 is 2.16 bits per heavy atom. The van der Waals surface area contributed by atoms with Crippen molar-refractivity contribution in [2.45, 2.75) is 26.2 Å². The highest BCUT2D eigenvalue weighted by Gasteiger charge is 2.44. The van der Waals surface area contributed by atoms with Gasteiger partial charge in [-0.25, -0.2) is 0 Å². The number of hydrogen-bond acceptors (Lipinski definition) is 5. The highest BCUT2D eigenvalue weighted by molar-refractivity contribution is 8.00. The molecular formula is C14H18O3S2. The normalized spacial score (nSPS) is 16.1. The van der Waals surface area contributed by atoms with E-state index in [-0.39, 0.29) is 17.2 Å². The summed E-state index contributed by atoms with van der Waals surface area (Å²) >= 11 is 3.18. The number of Topliss-reactive ketones (excluding diaryl/α,β-unsaturated/α-hetero) is 1. The minimum absolute atomic E-state index is 0.101. The molecule has 0 radical (unpaired) electrons. The molecule has 0 aliphatic heterocycles. The molecule has 0 amide bonds. The summed E-state index contributed by atoms with van der Waals surface area (Å²) in [5, 5.41) is 0. The molecule has 19 heavy (non-hydrogen) atoms. The van der Waals surface area contributed by atoms with E-state index in [1.165, 1.54) is 7.11 Å². The fourth-order valence-electron chi connectivity index (χ4n) is 1.94. The van der Waals surface area contributed by atoms with E-state index in [0.717, 1.165) is 28.3 Å². The number of carbonyl (C=O) groups is 2. The largest absolute Gasteiger partial charge is 0.469 e. The number of esters is 1. The second-order valence-electron chi connectivity index (χ2n) is 5.08. The van der Waals surface area contributed by atoms with Crippen molar-refractivity contribution in [1.82, 2.24) is 0 Å². The Labute approximate surface area is 121 Å². The third kappa shape index (κ3) is 4.08. The smallest absolute Gasteiger partial charge is 0.306 e. The molecule has 2 rings (SSSR count). The van der Waals surface area contributed by atoms with Crippen LogP contribution < -0.4 is 0 Å². The molecule has 1 aliphatic carbocycles. The fourth-order valence-corrected chi connectivity index (χ4v) is 4.11. The predicted octanol–water partition coefficient (Wildman–Crippen LogP) is 3.32. The topological polar surface area (TPSA) is 43.4 Å². The van der Waals surface area contributed by atoms with Crippen LogP contribution in [0.15, 0.2) is 12.1 Å². The number of ketones is 1. The van der Waals surface area contributed by atoms with Crippen LogP contribution in [0, 0.1) is 12.3 Å². The molecule has 5 heteroatoms. The van der Waals surface area contributed by atoms with Crippen LogP contribution in [-0.2, 0) is 9.53 Å². The third-order valence-corrected chi connectivity index (χ3v) is 5.69. The summed E-state index contributed by atoms with van der Waals surface area (Å²) in [7, 11) is 1.42. The Morgan fingerprint density at radius 1 is 1.42 bits per heavy atom. The van der Waals surface area contributed by atoms with Crippen molar-refractivity contribution in [2.75, 3.05) is 18.6 Å². The van der Waals surface area contributed by atoms with Gasteiger partial charge in [0.25, 0.3) is 0 Å². The van der Waals surface area contributed by atoms with E-state index >= 15 is 0 Å². The van der Waals surface area contributed by atoms with Crippen LogP contribution >= 0.6 is 23.1 Å². The van der Waals surface area contributed by atoms with Gasteiger partial charge in [-0.2, -0.15) is 11.8 Å². The lowest BCUT2D eigenvalue weighted by Gasteiger charge is -2.12. The standard InChI is InChI=1S/C14H18O3S2/c1-10-3-4-12(19-10)11(15)8-18-9-14(5-6-14)7-13(16)17-2/h3-4H,5-9H2,1-2H3. The summed E-state index contributed by atoms with van der Waals surface area (Å²) in [6.07, 6.45) is 2.63. The first kappa shape index (κ1) is 14.6. The maximum absolute atomic E-state index is 11.9. The van der Waals surface area contributed by atoms with Crippen molar-refractivity contribution in [3.05, 3.63) is 21.9 Å². The van der Waals surface area contributed by atoms with Crippen LogP contribution in [0.25, 0.3) is 0 Å². The van der Waals surface area contributed by atoms with E-state index in [2.05, 4.69) is 0 Å². The number of thiophene rings is 1. The maximum Gasteiger partial charge on any atom is 0.306 e. The minimum atomic E-state index is -0.140. The SMILES string of the molecule is COC(=O)CC1(CSCC(=O)c2ccc(C)s2)CC1. The average molecular weight is 298 g/mol. The van der Waals surface area contributed by atoms with E-state index in [4.69, 9.17) is 4.74 Å². The van der Waals surface area contributed by atoms with Gasteiger partial charge in [0.2, 0.25) is 0 Å². The number of methoxy groups -OCH3 is 1. The van der Waals surface area contributed by atoms with Gasteiger partial charge in [0.05, 0.1) is 24.2 Å². The zero-order chi connectivity index (χ0) is 13.9. The Bertz CT molecular complexity index is 475. The molecule has 1 saturated carbocycles. The van der Waals surface area contributed by atoms with Crippen molar-refractivity contribution >= 4 is 34.9 Å². The van der Waals surface area contributed by atoms with E-state index in [1.807, 2.05) is 19.1 Å². The molecular weight excluding hydrogens is 280 g/mol. The lowest BCUT2D eigenvalue weighted by molar-refractivity contribution is -0.141. The molecule has 1 aromatic heterocycles. The molecule has 0 spiro atoms. The first-order valence-electron chi connectivity index (χ1n) is 6.29. The number of hydrogen-bond donors (Lipinski definition) is 0. The van der Waals surface area contributed by atoms with Crippen molar-refractivity contribution in [1.29, 1.82) is 0 Å². The lowest BCUT2D eigenvalue weighted by atomic mass is 10.1. The second kappa shape index (κ2) is 6.09. The zero-order valence-electron chi connectivity index (χ0n) is 11.2. The lowest BCUT2D eigenvalue weighted by Crippen LogP contribution is -2.14. The minimum Gasteiger partial charge on any atom is -0.469 e. The molecule has 1 fully saturated rings. The average Bonchev–Trinajstić information content (AvgIpc) is 2.99. The van der Waals surface area contributed by atoms with Crippen LogP contribution in [0.5, 0.6) is 0 Å². The molecule has 3 nitrogen and oxygen atoms in total. The van der Waals surface area contributed by atoms with Gasteiger partial charge in [-0.05, 0) is 43.1 Å². The van der Waals surface area contributed by atoms with Crippen molar-refractivity contribution < 1.29 is 14.3 Å². The molecule has 1 heterocycles. The highest BCUT2D eigenvalue weighted by atomic mass is 32.2. The van der Waals surface area contributed by atoms with Crippen LogP contribution in [-0.4, -0.2) is 30.4 Å². The van der Waals surface area contributed by atoms with Crippen molar-refractivity contribution in [2.24, 2.45) is 5.41 Å². The number of ether oxygens (including phenoxy) is 1. The van der Waals surface area contributed by atoms with Crippen LogP contribution in [0.3, 0.4) is 0 Å². The molecule has 0 aromatic carbocycles. The molecule has 1 aliphatic rings. The van der Waals surface area contributed by atoms with Crippen LogP contribution in [0.4, 0.5) is 0 Å². The molecule has 1 aromatic rings. The van der Waals surface area contributed by atoms with Gasteiger partial charge < -0.3 is 4.74 Å². The molecule has 0 N–H and O–H groups in total. The molecule has 0 bridgehead atoms. The van der Waals surface area contributed by atoms with Gasteiger partial charge in [0.15, 0.2) is 5.78 Å². The number of thioether (sulfide) groups is 1. The quantitative estimate of drug-likeness (QED) is 0.572. The van der Waals surface area contributed by atoms with E-state index < -0.39 is 0 Å². The number of rotatable bonds is 7. The summed E-state index contributed by atoms with van der Waals surface area (Å²) in [6, 6.07) is 3.87. The molecule has 104 valence electrons. The third-order valence-electron chi connectivity index (χ3n) is 3.36. The van der Waals surface area contributed by atoms with Crippen LogP contribution in [0.1, 0.15) is 33.8 Å². The summed E-state index contributed by atoms with van der Waals surface area (Å²) in [5.41, 5.74) is 0.101. The van der Waals surface area contributed by atoms with E-state index in [9.17, 15) is 9.59 Å². The Balaban J connectivity index is 1.75. The number of aryl methyl sites for hydroxylation is 1. The molecule has 0 atom stereocenters. The maximum atomic E-state index is 11.9. The Morgan fingerprint density at radius 3 is 2.68 bits per heavy atom. The Kier molecular flexibility index (Phi) is 4.68. The first-order chi connectivity index (χ1) is 9.04. The van der Waals surface area contributed by atoms with Gasteiger partial charge in [-0.3, -0.25) is 9.59 Å². The summed E-state index contributed by atoms with van der Waals surface area (Å²) in [5.74, 6) is 1.43. The van der Waals surface area contributed by atoms with Crippen LogP contribution in [0.2, 0.25) is 0 Å². The van der Waals surface area contributed by atoms with E-state index in [1.54, 1.807) is 23.1 Å². The van der Waals surface area contributed by atoms with E-state index in [0.29, 0.717) is 12.2 Å². The number of carbonyl (C=O) groups excluding carboxylic acids is 2. The summed E-state index contributed by atoms with van der Waals surface area (Å²) in [4.78, 5) is 25.2. The van der Waals surface area contributed by atoms with Gasteiger partial charge in [-0.1, -0.05) is 0 Å². The van der Waals surface area contributed by atoms with Gasteiger partial charge in [-0.15, -0.1) is 11.3 Å². The molecule has 0 saturated heterocycles. The zero-order valence-corrected chi connectivity index (χ0v) is 12.9. The predicted molar refractivity (Wildman–Crippen MR) is 79.0 cm³/mol. The van der Waals surface area contributed by atoms with Gasteiger partial charge in [0.1, 0.15) is 0 Å². The second-order valence-corrected chi connectivity index (χ2v) is 7.35. The van der Waals surface area contributed by atoms with Crippen molar-refractivity contribution in [3.8, 4) is 0 Å². The van der Waals surface area contributed by atoms with Crippen molar-refractivity contribution in [3.63, 3.8) is 0 Å². The van der Waals surface area contributed by atoms with Gasteiger partial charge in [0, 0.05) is 4.88 Å². The molecule has 0 unspecified atom stereocenters. The van der Waals surface area contributed by atoms with Gasteiger partial charge >= 0.3 is 5.97 Å². The Hall–Kier alpha value is -0.810. The monoisotopic (exact) mass is 298 g/mol. The fraction of sp³-hybridized carbons (Fsp3) is 0.571.